The molecule has 7 aromatic carbocycles. The third kappa shape index (κ3) is 3.46. The van der Waals surface area contributed by atoms with E-state index in [4.69, 9.17) is 4.42 Å². The number of fused-ring (bicyclic) bond motifs is 9. The van der Waals surface area contributed by atoms with Crippen LogP contribution in [0.25, 0.3) is 88.1 Å². The molecule has 0 aliphatic heterocycles. The Morgan fingerprint density at radius 1 is 0.356 bits per heavy atom. The molecule has 0 fully saturated rings. The van der Waals surface area contributed by atoms with E-state index in [1.807, 2.05) is 0 Å². The molecular formula is C42H26N2O. The Hall–Kier alpha value is -6.06. The number of hydrogen-bond acceptors (Lipinski definition) is 1. The summed E-state index contributed by atoms with van der Waals surface area (Å²) in [5.41, 5.74) is 11.1. The molecule has 0 spiro atoms. The van der Waals surface area contributed by atoms with Crippen LogP contribution in [-0.2, 0) is 0 Å². The average Bonchev–Trinajstić information content (AvgIpc) is 3.76. The van der Waals surface area contributed by atoms with Crippen LogP contribution >= 0.6 is 0 Å². The third-order valence-corrected chi connectivity index (χ3v) is 9.32. The van der Waals surface area contributed by atoms with E-state index < -0.39 is 0 Å². The number of furan rings is 1. The molecule has 210 valence electrons. The monoisotopic (exact) mass is 574 g/mol. The van der Waals surface area contributed by atoms with Crippen LogP contribution in [0.15, 0.2) is 162 Å². The molecule has 0 aliphatic carbocycles. The van der Waals surface area contributed by atoms with Gasteiger partial charge < -0.3 is 13.6 Å². The van der Waals surface area contributed by atoms with Gasteiger partial charge in [-0.15, -0.1) is 0 Å². The normalized spacial score (nSPS) is 12.0. The van der Waals surface area contributed by atoms with Crippen molar-refractivity contribution in [1.82, 2.24) is 9.13 Å². The molecule has 0 saturated heterocycles. The predicted octanol–water partition coefficient (Wildman–Crippen LogP) is 11.4. The van der Waals surface area contributed by atoms with Crippen molar-refractivity contribution in [3.8, 4) is 22.5 Å². The van der Waals surface area contributed by atoms with Crippen molar-refractivity contribution in [2.24, 2.45) is 0 Å². The summed E-state index contributed by atoms with van der Waals surface area (Å²) < 4.78 is 11.4. The topological polar surface area (TPSA) is 23.0 Å². The lowest BCUT2D eigenvalue weighted by Gasteiger charge is -2.09. The van der Waals surface area contributed by atoms with Gasteiger partial charge in [0.2, 0.25) is 0 Å². The Labute approximate surface area is 258 Å². The Balaban J connectivity index is 1.21. The van der Waals surface area contributed by atoms with Crippen molar-refractivity contribution in [3.05, 3.63) is 158 Å². The van der Waals surface area contributed by atoms with Gasteiger partial charge in [-0.3, -0.25) is 0 Å². The van der Waals surface area contributed by atoms with Crippen LogP contribution in [0, 0.1) is 0 Å². The molecule has 0 bridgehead atoms. The molecule has 45 heavy (non-hydrogen) atoms. The van der Waals surface area contributed by atoms with Gasteiger partial charge in [-0.25, -0.2) is 0 Å². The summed E-state index contributed by atoms with van der Waals surface area (Å²) in [6.45, 7) is 0. The van der Waals surface area contributed by atoms with Gasteiger partial charge in [0.15, 0.2) is 5.58 Å². The zero-order chi connectivity index (χ0) is 29.5. The van der Waals surface area contributed by atoms with Gasteiger partial charge in [0.25, 0.3) is 0 Å². The summed E-state index contributed by atoms with van der Waals surface area (Å²) >= 11 is 0. The summed E-state index contributed by atoms with van der Waals surface area (Å²) in [7, 11) is 0. The molecule has 3 heteroatoms. The third-order valence-electron chi connectivity index (χ3n) is 9.32. The minimum absolute atomic E-state index is 0.883. The number of para-hydroxylation sites is 4. The van der Waals surface area contributed by atoms with Crippen LogP contribution in [0.2, 0.25) is 0 Å². The summed E-state index contributed by atoms with van der Waals surface area (Å²) in [5, 5.41) is 7.19. The van der Waals surface area contributed by atoms with Gasteiger partial charge in [-0.2, -0.15) is 0 Å². The second-order valence-electron chi connectivity index (χ2n) is 11.8. The van der Waals surface area contributed by atoms with Gasteiger partial charge in [0, 0.05) is 38.0 Å². The van der Waals surface area contributed by atoms with Crippen LogP contribution in [0.4, 0.5) is 0 Å². The van der Waals surface area contributed by atoms with E-state index in [9.17, 15) is 0 Å². The number of benzene rings is 7. The maximum Gasteiger partial charge on any atom is 0.159 e. The number of hydrogen-bond donors (Lipinski definition) is 0. The fourth-order valence-corrected chi connectivity index (χ4v) is 7.33. The second kappa shape index (κ2) is 9.22. The molecule has 3 nitrogen and oxygen atoms in total. The van der Waals surface area contributed by atoms with E-state index in [0.717, 1.165) is 33.3 Å². The van der Waals surface area contributed by atoms with Gasteiger partial charge >= 0.3 is 0 Å². The number of nitrogens with zero attached hydrogens (tertiary/aromatic N) is 2. The van der Waals surface area contributed by atoms with Crippen molar-refractivity contribution < 1.29 is 4.42 Å². The smallest absolute Gasteiger partial charge is 0.159 e. The standard InChI is InChI=1S/C42H26N2O/c1-2-11-27(12-3-1)28-21-23-39-34(25-28)32-15-6-7-17-36(32)43(39)29-22-24-41-35(26-29)33-16-10-20-40(42(33)45-41)44-37-18-8-4-13-30(37)31-14-5-9-19-38(31)44/h1-26H. The van der Waals surface area contributed by atoms with Crippen LogP contribution in [-0.4, -0.2) is 9.13 Å². The fraction of sp³-hybridized carbons (Fsp3) is 0. The van der Waals surface area contributed by atoms with Crippen molar-refractivity contribution in [1.29, 1.82) is 0 Å². The highest BCUT2D eigenvalue weighted by atomic mass is 16.3. The molecule has 0 N–H and O–H groups in total. The maximum atomic E-state index is 6.69. The lowest BCUT2D eigenvalue weighted by Crippen LogP contribution is -1.94. The Kier molecular flexibility index (Phi) is 5.00. The molecule has 0 unspecified atom stereocenters. The average molecular weight is 575 g/mol. The highest BCUT2D eigenvalue weighted by molar-refractivity contribution is 6.14. The molecule has 3 aromatic heterocycles. The molecule has 0 radical (unpaired) electrons. The Morgan fingerprint density at radius 2 is 0.956 bits per heavy atom. The molecule has 10 aromatic rings. The molecule has 0 saturated carbocycles. The first-order valence-electron chi connectivity index (χ1n) is 15.4. The minimum Gasteiger partial charge on any atom is -0.454 e. The van der Waals surface area contributed by atoms with E-state index in [0.29, 0.717) is 0 Å². The van der Waals surface area contributed by atoms with Gasteiger partial charge in [-0.1, -0.05) is 103 Å². The predicted molar refractivity (Wildman–Crippen MR) is 188 cm³/mol. The highest BCUT2D eigenvalue weighted by Crippen LogP contribution is 2.40. The van der Waals surface area contributed by atoms with Crippen molar-refractivity contribution >= 4 is 65.6 Å². The summed E-state index contributed by atoms with van der Waals surface area (Å²) in [4.78, 5) is 0. The van der Waals surface area contributed by atoms with Gasteiger partial charge in [0.05, 0.1) is 27.8 Å². The van der Waals surface area contributed by atoms with E-state index in [1.165, 1.54) is 54.7 Å². The zero-order valence-electron chi connectivity index (χ0n) is 24.3. The van der Waals surface area contributed by atoms with Crippen LogP contribution < -0.4 is 0 Å². The molecule has 3 heterocycles. The molecule has 0 amide bonds. The van der Waals surface area contributed by atoms with Crippen molar-refractivity contribution in [2.75, 3.05) is 0 Å². The van der Waals surface area contributed by atoms with Crippen molar-refractivity contribution in [3.63, 3.8) is 0 Å². The minimum atomic E-state index is 0.883. The number of rotatable bonds is 3. The highest BCUT2D eigenvalue weighted by Gasteiger charge is 2.19. The lowest BCUT2D eigenvalue weighted by atomic mass is 10.0. The van der Waals surface area contributed by atoms with E-state index >= 15 is 0 Å². The molecular weight excluding hydrogens is 548 g/mol. The van der Waals surface area contributed by atoms with E-state index in [2.05, 4.69) is 167 Å². The second-order valence-corrected chi connectivity index (χ2v) is 11.8. The van der Waals surface area contributed by atoms with E-state index in [1.54, 1.807) is 0 Å². The SMILES string of the molecule is c1ccc(-c2ccc3c(c2)c2ccccc2n3-c2ccc3oc4c(-n5c6ccccc6c6ccccc65)cccc4c3c2)cc1. The maximum absolute atomic E-state index is 6.69. The van der Waals surface area contributed by atoms with Crippen LogP contribution in [0.1, 0.15) is 0 Å². The molecule has 0 aliphatic rings. The Morgan fingerprint density at radius 3 is 1.69 bits per heavy atom. The summed E-state index contributed by atoms with van der Waals surface area (Å²) in [6, 6.07) is 56.4. The van der Waals surface area contributed by atoms with Crippen molar-refractivity contribution in [2.45, 2.75) is 0 Å². The first-order valence-corrected chi connectivity index (χ1v) is 15.4. The Bertz CT molecular complexity index is 2710. The fourth-order valence-electron chi connectivity index (χ4n) is 7.33. The molecule has 10 rings (SSSR count). The van der Waals surface area contributed by atoms with Gasteiger partial charge in [0.1, 0.15) is 5.58 Å². The number of aromatic nitrogens is 2. The van der Waals surface area contributed by atoms with Crippen LogP contribution in [0.3, 0.4) is 0 Å². The zero-order valence-corrected chi connectivity index (χ0v) is 24.3. The lowest BCUT2D eigenvalue weighted by molar-refractivity contribution is 0.666. The summed E-state index contributed by atoms with van der Waals surface area (Å²) in [5.74, 6) is 0. The van der Waals surface area contributed by atoms with E-state index in [-0.39, 0.29) is 0 Å². The quantitative estimate of drug-likeness (QED) is 0.206. The first kappa shape index (κ1) is 24.4. The first-order chi connectivity index (χ1) is 22.3. The van der Waals surface area contributed by atoms with Gasteiger partial charge in [-0.05, 0) is 65.7 Å². The largest absolute Gasteiger partial charge is 0.454 e. The summed E-state index contributed by atoms with van der Waals surface area (Å²) in [6.07, 6.45) is 0. The van der Waals surface area contributed by atoms with Crippen LogP contribution in [0.5, 0.6) is 0 Å². The molecule has 0 atom stereocenters.